The minimum atomic E-state index is -1.23. The van der Waals surface area contributed by atoms with Gasteiger partial charge in [0.25, 0.3) is 11.7 Å². The van der Waals surface area contributed by atoms with E-state index in [9.17, 15) is 23.5 Å². The molecular formula is C24H17ClF2N2O4. The van der Waals surface area contributed by atoms with Gasteiger partial charge in [0.15, 0.2) is 0 Å². The molecule has 1 amide bonds. The topological polar surface area (TPSA) is 79.7 Å². The van der Waals surface area contributed by atoms with E-state index in [0.717, 1.165) is 17.0 Å². The number of carbonyl (C=O) groups is 2. The number of ether oxygens (including phenoxy) is 1. The molecule has 4 rings (SSSR count). The van der Waals surface area contributed by atoms with E-state index in [4.69, 9.17) is 16.3 Å². The number of pyridine rings is 1. The molecular weight excluding hydrogens is 454 g/mol. The second-order valence-corrected chi connectivity index (χ2v) is 7.79. The quantitative estimate of drug-likeness (QED) is 0.331. The summed E-state index contributed by atoms with van der Waals surface area (Å²) < 4.78 is 33.5. The number of nitrogens with zero attached hydrogens (tertiary/aromatic N) is 2. The van der Waals surface area contributed by atoms with E-state index in [1.807, 2.05) is 0 Å². The molecule has 9 heteroatoms. The van der Waals surface area contributed by atoms with Crippen LogP contribution in [0.3, 0.4) is 0 Å². The van der Waals surface area contributed by atoms with Crippen molar-refractivity contribution in [3.8, 4) is 5.75 Å². The maximum atomic E-state index is 14.7. The molecule has 6 nitrogen and oxygen atoms in total. The van der Waals surface area contributed by atoms with E-state index in [2.05, 4.69) is 4.98 Å². The van der Waals surface area contributed by atoms with Gasteiger partial charge in [0.2, 0.25) is 0 Å². The molecule has 1 unspecified atom stereocenters. The molecule has 2 aromatic carbocycles. The number of halogens is 3. The summed E-state index contributed by atoms with van der Waals surface area (Å²) in [5, 5.41) is 11.4. The van der Waals surface area contributed by atoms with Crippen molar-refractivity contribution in [3.05, 3.63) is 93.8 Å². The van der Waals surface area contributed by atoms with Crippen molar-refractivity contribution in [1.29, 1.82) is 0 Å². The van der Waals surface area contributed by atoms with Crippen molar-refractivity contribution in [2.45, 2.75) is 13.0 Å². The number of aliphatic hydroxyl groups is 1. The van der Waals surface area contributed by atoms with Crippen LogP contribution in [-0.2, 0) is 9.59 Å². The van der Waals surface area contributed by atoms with E-state index < -0.39 is 35.1 Å². The van der Waals surface area contributed by atoms with Gasteiger partial charge in [0, 0.05) is 18.5 Å². The number of benzene rings is 2. The number of carbonyl (C=O) groups excluding carboxylic acids is 2. The summed E-state index contributed by atoms with van der Waals surface area (Å²) in [7, 11) is 1.35. The van der Waals surface area contributed by atoms with Gasteiger partial charge in [0.05, 0.1) is 35.0 Å². The lowest BCUT2D eigenvalue weighted by Gasteiger charge is -2.25. The summed E-state index contributed by atoms with van der Waals surface area (Å²) in [6, 6.07) is 7.71. The Hall–Kier alpha value is -3.78. The highest BCUT2D eigenvalue weighted by Gasteiger charge is 2.48. The third kappa shape index (κ3) is 3.82. The summed E-state index contributed by atoms with van der Waals surface area (Å²) >= 11 is 6.25. The molecule has 2 heterocycles. The number of aryl methyl sites for hydroxylation is 1. The summed E-state index contributed by atoms with van der Waals surface area (Å²) in [5.41, 5.74) is 0.463. The summed E-state index contributed by atoms with van der Waals surface area (Å²) in [4.78, 5) is 31.1. The van der Waals surface area contributed by atoms with Gasteiger partial charge in [-0.25, -0.2) is 8.78 Å². The minimum absolute atomic E-state index is 0.0916. The molecule has 1 aliphatic heterocycles. The predicted octanol–water partition coefficient (Wildman–Crippen LogP) is 4.96. The smallest absolute Gasteiger partial charge is 0.300 e. The van der Waals surface area contributed by atoms with Crippen molar-refractivity contribution in [2.75, 3.05) is 12.0 Å². The largest absolute Gasteiger partial charge is 0.507 e. The van der Waals surface area contributed by atoms with E-state index in [1.165, 1.54) is 19.5 Å². The lowest BCUT2D eigenvalue weighted by Crippen LogP contribution is -2.30. The van der Waals surface area contributed by atoms with Gasteiger partial charge >= 0.3 is 0 Å². The zero-order chi connectivity index (χ0) is 23.9. The Balaban J connectivity index is 2.02. The Morgan fingerprint density at radius 3 is 2.58 bits per heavy atom. The first-order valence-electron chi connectivity index (χ1n) is 9.75. The average Bonchev–Trinajstić information content (AvgIpc) is 3.04. The van der Waals surface area contributed by atoms with Crippen molar-refractivity contribution in [1.82, 2.24) is 4.98 Å². The van der Waals surface area contributed by atoms with Crippen molar-refractivity contribution < 1.29 is 28.2 Å². The zero-order valence-corrected chi connectivity index (χ0v) is 18.2. The predicted molar refractivity (Wildman–Crippen MR) is 118 cm³/mol. The molecule has 33 heavy (non-hydrogen) atoms. The van der Waals surface area contributed by atoms with Crippen molar-refractivity contribution in [2.24, 2.45) is 0 Å². The lowest BCUT2D eigenvalue weighted by molar-refractivity contribution is -0.132. The van der Waals surface area contributed by atoms with E-state index in [1.54, 1.807) is 31.2 Å². The fourth-order valence-electron chi connectivity index (χ4n) is 3.87. The van der Waals surface area contributed by atoms with Crippen LogP contribution in [0.2, 0.25) is 5.02 Å². The number of ketones is 1. The van der Waals surface area contributed by atoms with Gasteiger partial charge in [-0.05, 0) is 48.4 Å². The molecule has 0 saturated carbocycles. The van der Waals surface area contributed by atoms with Gasteiger partial charge < -0.3 is 9.84 Å². The van der Waals surface area contributed by atoms with Crippen LogP contribution < -0.4 is 9.64 Å². The maximum Gasteiger partial charge on any atom is 0.300 e. The molecule has 1 N–H and O–H groups in total. The Bertz CT molecular complexity index is 1310. The van der Waals surface area contributed by atoms with Crippen LogP contribution in [0, 0.1) is 18.6 Å². The van der Waals surface area contributed by atoms with Crippen LogP contribution in [0.1, 0.15) is 22.7 Å². The third-order valence-corrected chi connectivity index (χ3v) is 5.54. The van der Waals surface area contributed by atoms with E-state index >= 15 is 0 Å². The van der Waals surface area contributed by atoms with Crippen LogP contribution in [0.4, 0.5) is 14.5 Å². The Kier molecular flexibility index (Phi) is 5.86. The number of amides is 1. The lowest BCUT2D eigenvalue weighted by atomic mass is 9.95. The molecule has 1 saturated heterocycles. The normalized spacial score (nSPS) is 17.5. The molecule has 1 aliphatic rings. The van der Waals surface area contributed by atoms with Crippen LogP contribution >= 0.6 is 11.6 Å². The Morgan fingerprint density at radius 2 is 1.94 bits per heavy atom. The second kappa shape index (κ2) is 8.63. The minimum Gasteiger partial charge on any atom is -0.507 e. The average molecular weight is 471 g/mol. The first-order chi connectivity index (χ1) is 15.7. The monoisotopic (exact) mass is 470 g/mol. The van der Waals surface area contributed by atoms with Gasteiger partial charge in [0.1, 0.15) is 23.1 Å². The molecule has 3 aromatic rings. The highest BCUT2D eigenvalue weighted by Crippen LogP contribution is 2.44. The summed E-state index contributed by atoms with van der Waals surface area (Å²) in [6.07, 6.45) is 2.87. The van der Waals surface area contributed by atoms with E-state index in [-0.39, 0.29) is 27.6 Å². The number of aliphatic hydroxyl groups excluding tert-OH is 1. The van der Waals surface area contributed by atoms with Crippen LogP contribution in [0.25, 0.3) is 5.76 Å². The molecule has 0 spiro atoms. The summed E-state index contributed by atoms with van der Waals surface area (Å²) in [6.45, 7) is 1.73. The number of methoxy groups -OCH3 is 1. The number of hydrogen-bond acceptors (Lipinski definition) is 5. The molecule has 0 bridgehead atoms. The maximum absolute atomic E-state index is 14.7. The van der Waals surface area contributed by atoms with Gasteiger partial charge in [-0.2, -0.15) is 0 Å². The zero-order valence-electron chi connectivity index (χ0n) is 17.5. The molecule has 1 fully saturated rings. The van der Waals surface area contributed by atoms with Gasteiger partial charge in [-0.3, -0.25) is 19.5 Å². The number of hydrogen-bond donors (Lipinski definition) is 1. The number of rotatable bonds is 4. The highest BCUT2D eigenvalue weighted by molar-refractivity contribution is 6.51. The first-order valence-corrected chi connectivity index (χ1v) is 10.1. The van der Waals surface area contributed by atoms with Crippen molar-refractivity contribution >= 4 is 34.7 Å². The number of aromatic nitrogens is 1. The molecule has 1 atom stereocenters. The Labute approximate surface area is 192 Å². The van der Waals surface area contributed by atoms with Gasteiger partial charge in [-0.1, -0.05) is 17.7 Å². The van der Waals surface area contributed by atoms with Crippen LogP contribution in [-0.4, -0.2) is 28.9 Å². The molecule has 0 aliphatic carbocycles. The fraction of sp³-hybridized carbons (Fsp3) is 0.125. The Morgan fingerprint density at radius 1 is 1.18 bits per heavy atom. The van der Waals surface area contributed by atoms with Crippen molar-refractivity contribution in [3.63, 3.8) is 0 Å². The number of anilines is 1. The molecule has 168 valence electrons. The van der Waals surface area contributed by atoms with Crippen LogP contribution in [0.5, 0.6) is 5.75 Å². The second-order valence-electron chi connectivity index (χ2n) is 7.38. The number of Topliss-reactive ketones (excluding diaryl/α,β-unsaturated/α-hetero) is 1. The first kappa shape index (κ1) is 22.4. The SMILES string of the molecule is COc1c(Cl)cc(C)cc1/C(O)=C1\C(=O)C(=O)N(c2ccc(F)cc2F)C1c1cccnc1. The summed E-state index contributed by atoms with van der Waals surface area (Å²) in [5.74, 6) is -4.47. The molecule has 1 aromatic heterocycles. The highest BCUT2D eigenvalue weighted by atomic mass is 35.5. The fourth-order valence-corrected chi connectivity index (χ4v) is 4.22. The standard InChI is InChI=1S/C24H17ClF2N2O4/c1-12-8-15(23(33-2)16(25)9-12)21(30)19-20(13-4-3-7-28-11-13)29(24(32)22(19)31)18-6-5-14(26)10-17(18)27/h3-11,20,30H,1-2H3/b21-19+. The van der Waals surface area contributed by atoms with Gasteiger partial charge in [-0.15, -0.1) is 0 Å². The molecule has 0 radical (unpaired) electrons. The van der Waals surface area contributed by atoms with Crippen LogP contribution in [0.15, 0.2) is 60.4 Å². The third-order valence-electron chi connectivity index (χ3n) is 5.26. The van der Waals surface area contributed by atoms with E-state index in [0.29, 0.717) is 17.2 Å².